The van der Waals surface area contributed by atoms with Crippen LogP contribution in [0, 0.1) is 19.7 Å². The van der Waals surface area contributed by atoms with E-state index < -0.39 is 10.0 Å². The molecule has 31 heavy (non-hydrogen) atoms. The van der Waals surface area contributed by atoms with Gasteiger partial charge < -0.3 is 4.98 Å². The summed E-state index contributed by atoms with van der Waals surface area (Å²) in [6, 6.07) is 19.0. The number of halogens is 1. The fraction of sp³-hybridized carbons (Fsp3) is 0.120. The highest BCUT2D eigenvalue weighted by atomic mass is 32.2. The molecule has 0 saturated carbocycles. The van der Waals surface area contributed by atoms with Gasteiger partial charge in [0, 0.05) is 34.6 Å². The number of rotatable bonds is 4. The molecule has 5 aromatic rings. The van der Waals surface area contributed by atoms with E-state index in [1.54, 1.807) is 30.3 Å². The van der Waals surface area contributed by atoms with Crippen molar-refractivity contribution in [3.05, 3.63) is 101 Å². The van der Waals surface area contributed by atoms with Gasteiger partial charge >= 0.3 is 0 Å². The molecule has 0 radical (unpaired) electrons. The van der Waals surface area contributed by atoms with Gasteiger partial charge in [0.15, 0.2) is 0 Å². The van der Waals surface area contributed by atoms with E-state index in [1.807, 2.05) is 44.3 Å². The molecule has 0 saturated heterocycles. The number of nitrogens with zero attached hydrogens (tertiary/aromatic N) is 1. The smallest absolute Gasteiger partial charge is 0.268 e. The fourth-order valence-corrected chi connectivity index (χ4v) is 5.79. The van der Waals surface area contributed by atoms with Gasteiger partial charge in [-0.15, -0.1) is 0 Å². The van der Waals surface area contributed by atoms with Crippen LogP contribution in [0.4, 0.5) is 4.39 Å². The van der Waals surface area contributed by atoms with E-state index in [1.165, 1.54) is 16.1 Å². The Morgan fingerprint density at radius 1 is 0.935 bits per heavy atom. The summed E-state index contributed by atoms with van der Waals surface area (Å²) in [4.78, 5) is 3.40. The van der Waals surface area contributed by atoms with Crippen molar-refractivity contribution in [3.63, 3.8) is 0 Å². The quantitative estimate of drug-likeness (QED) is 0.396. The number of benzene rings is 3. The zero-order valence-electron chi connectivity index (χ0n) is 17.2. The first-order valence-electron chi connectivity index (χ1n) is 10.0. The first kappa shape index (κ1) is 19.6. The van der Waals surface area contributed by atoms with Crippen LogP contribution < -0.4 is 0 Å². The van der Waals surface area contributed by atoms with Crippen molar-refractivity contribution in [2.24, 2.45) is 0 Å². The van der Waals surface area contributed by atoms with Crippen LogP contribution in [-0.2, 0) is 16.4 Å². The molecule has 0 amide bonds. The topological polar surface area (TPSA) is 54.9 Å². The molecule has 5 rings (SSSR count). The largest absolute Gasteiger partial charge is 0.361 e. The lowest BCUT2D eigenvalue weighted by atomic mass is 10.1. The number of aromatic amines is 1. The van der Waals surface area contributed by atoms with Crippen molar-refractivity contribution >= 4 is 31.8 Å². The van der Waals surface area contributed by atoms with Crippen LogP contribution in [0.3, 0.4) is 0 Å². The maximum Gasteiger partial charge on any atom is 0.268 e. The summed E-state index contributed by atoms with van der Waals surface area (Å²) >= 11 is 0. The van der Waals surface area contributed by atoms with Gasteiger partial charge in [-0.1, -0.05) is 35.9 Å². The molecule has 0 aliphatic heterocycles. The van der Waals surface area contributed by atoms with Gasteiger partial charge in [0.05, 0.1) is 10.4 Å². The summed E-state index contributed by atoms with van der Waals surface area (Å²) in [5, 5.41) is 1.64. The van der Waals surface area contributed by atoms with Crippen molar-refractivity contribution < 1.29 is 12.8 Å². The maximum absolute atomic E-state index is 13.9. The van der Waals surface area contributed by atoms with Gasteiger partial charge in [-0.3, -0.25) is 0 Å². The molecule has 4 nitrogen and oxygen atoms in total. The average Bonchev–Trinajstić information content (AvgIpc) is 3.28. The average molecular weight is 433 g/mol. The zero-order valence-corrected chi connectivity index (χ0v) is 18.0. The first-order chi connectivity index (χ1) is 14.9. The maximum atomic E-state index is 13.9. The van der Waals surface area contributed by atoms with E-state index in [9.17, 15) is 12.8 Å². The van der Waals surface area contributed by atoms with Gasteiger partial charge in [0.2, 0.25) is 0 Å². The molecule has 0 bridgehead atoms. The summed E-state index contributed by atoms with van der Waals surface area (Å²) in [5.74, 6) is -0.321. The number of aryl methyl sites for hydroxylation is 2. The Morgan fingerprint density at radius 3 is 2.45 bits per heavy atom. The number of aromatic nitrogens is 2. The number of hydrogen-bond acceptors (Lipinski definition) is 2. The van der Waals surface area contributed by atoms with Crippen molar-refractivity contribution in [1.29, 1.82) is 0 Å². The fourth-order valence-electron chi connectivity index (χ4n) is 4.19. The van der Waals surface area contributed by atoms with Crippen LogP contribution >= 0.6 is 0 Å². The third-order valence-corrected chi connectivity index (χ3v) is 7.62. The molecule has 6 heteroatoms. The molecule has 0 spiro atoms. The third-order valence-electron chi connectivity index (χ3n) is 5.85. The highest BCUT2D eigenvalue weighted by Crippen LogP contribution is 2.33. The van der Waals surface area contributed by atoms with Gasteiger partial charge in [-0.2, -0.15) is 0 Å². The van der Waals surface area contributed by atoms with Crippen LogP contribution in [-0.4, -0.2) is 17.4 Å². The number of nitrogens with one attached hydrogen (secondary N) is 1. The van der Waals surface area contributed by atoms with E-state index in [0.29, 0.717) is 17.6 Å². The van der Waals surface area contributed by atoms with Gasteiger partial charge in [0.1, 0.15) is 5.82 Å². The number of hydrogen-bond donors (Lipinski definition) is 1. The van der Waals surface area contributed by atoms with Crippen LogP contribution in [0.5, 0.6) is 0 Å². The molecule has 1 N–H and O–H groups in total. The Kier molecular flexibility index (Phi) is 4.48. The monoisotopic (exact) mass is 432 g/mol. The van der Waals surface area contributed by atoms with Gasteiger partial charge in [-0.05, 0) is 61.4 Å². The summed E-state index contributed by atoms with van der Waals surface area (Å²) in [7, 11) is -3.82. The lowest BCUT2D eigenvalue weighted by molar-refractivity contribution is 0.587. The van der Waals surface area contributed by atoms with E-state index in [0.717, 1.165) is 33.0 Å². The Labute approximate surface area is 180 Å². The van der Waals surface area contributed by atoms with E-state index in [4.69, 9.17) is 0 Å². The van der Waals surface area contributed by atoms with Crippen molar-refractivity contribution in [2.75, 3.05) is 0 Å². The zero-order chi connectivity index (χ0) is 21.8. The molecule has 0 fully saturated rings. The first-order valence-corrected chi connectivity index (χ1v) is 11.5. The number of fused-ring (bicyclic) bond motifs is 2. The third kappa shape index (κ3) is 3.15. The van der Waals surface area contributed by atoms with Gasteiger partial charge in [-0.25, -0.2) is 16.8 Å². The minimum absolute atomic E-state index is 0.241. The molecule has 156 valence electrons. The lowest BCUT2D eigenvalue weighted by Gasteiger charge is -2.13. The van der Waals surface area contributed by atoms with Crippen molar-refractivity contribution in [3.8, 4) is 0 Å². The SMILES string of the molecule is Cc1ccc(S(=O)(=O)n2c(Cc3c[nH]c4ccc(F)cc34)c(C)c3ccccc32)cc1. The highest BCUT2D eigenvalue weighted by Gasteiger charge is 2.26. The normalized spacial score (nSPS) is 12.1. The summed E-state index contributed by atoms with van der Waals surface area (Å²) < 4.78 is 42.8. The van der Waals surface area contributed by atoms with E-state index >= 15 is 0 Å². The predicted molar refractivity (Wildman–Crippen MR) is 122 cm³/mol. The Balaban J connectivity index is 1.76. The lowest BCUT2D eigenvalue weighted by Crippen LogP contribution is -2.16. The molecule has 0 aliphatic rings. The summed E-state index contributed by atoms with van der Waals surface area (Å²) in [6.07, 6.45) is 2.18. The molecule has 2 aromatic heterocycles. The number of H-pyrrole nitrogens is 1. The molecule has 0 unspecified atom stereocenters. The van der Waals surface area contributed by atoms with Crippen LogP contribution in [0.25, 0.3) is 21.8 Å². The molecular formula is C25H21FN2O2S. The summed E-state index contributed by atoms with van der Waals surface area (Å²) in [6.45, 7) is 3.86. The van der Waals surface area contributed by atoms with Gasteiger partial charge in [0.25, 0.3) is 10.0 Å². The number of para-hydroxylation sites is 1. The molecule has 0 aliphatic carbocycles. The summed E-state index contributed by atoms with van der Waals surface area (Å²) in [5.41, 5.74) is 4.87. The van der Waals surface area contributed by atoms with Crippen molar-refractivity contribution in [2.45, 2.75) is 25.2 Å². The Morgan fingerprint density at radius 2 is 1.68 bits per heavy atom. The van der Waals surface area contributed by atoms with Crippen LogP contribution in [0.15, 0.2) is 77.8 Å². The van der Waals surface area contributed by atoms with Crippen LogP contribution in [0.1, 0.15) is 22.4 Å². The molecule has 2 heterocycles. The second-order valence-corrected chi connectivity index (χ2v) is 9.64. The Hall–Kier alpha value is -3.38. The molecular weight excluding hydrogens is 411 g/mol. The van der Waals surface area contributed by atoms with E-state index in [2.05, 4.69) is 4.98 Å². The second-order valence-electron chi connectivity index (χ2n) is 7.85. The standard InChI is InChI=1S/C25H21FN2O2S/c1-16-7-10-20(11-8-16)31(29,30)28-24-6-4-3-5-21(24)17(2)25(28)13-18-15-27-23-12-9-19(26)14-22(18)23/h3-12,14-15,27H,13H2,1-2H3. The highest BCUT2D eigenvalue weighted by molar-refractivity contribution is 7.90. The minimum atomic E-state index is -3.82. The molecule has 0 atom stereocenters. The molecule has 3 aromatic carbocycles. The Bertz CT molecular complexity index is 1540. The minimum Gasteiger partial charge on any atom is -0.361 e. The second kappa shape index (κ2) is 7.10. The van der Waals surface area contributed by atoms with Crippen LogP contribution in [0.2, 0.25) is 0 Å². The van der Waals surface area contributed by atoms with E-state index in [-0.39, 0.29) is 10.7 Å². The predicted octanol–water partition coefficient (Wildman–Crippen LogP) is 5.71. The van der Waals surface area contributed by atoms with Crippen molar-refractivity contribution in [1.82, 2.24) is 8.96 Å².